The topological polar surface area (TPSA) is 79.2 Å². The molecule has 1 saturated carbocycles. The zero-order chi connectivity index (χ0) is 18.9. The number of likely N-dealkylation sites (tertiary alicyclic amines) is 1. The molecule has 26 heavy (non-hydrogen) atoms. The molecule has 0 spiro atoms. The van der Waals surface area contributed by atoms with Crippen LogP contribution in [0.1, 0.15) is 53.6 Å². The van der Waals surface area contributed by atoms with Crippen LogP contribution in [0.25, 0.3) is 0 Å². The molecular formula is C20H26N3O3+. The van der Waals surface area contributed by atoms with Gasteiger partial charge in [0.05, 0.1) is 50.1 Å². The van der Waals surface area contributed by atoms with Crippen molar-refractivity contribution in [2.75, 3.05) is 32.6 Å². The van der Waals surface area contributed by atoms with E-state index in [1.165, 1.54) is 19.6 Å². The fourth-order valence-electron chi connectivity index (χ4n) is 4.29. The first kappa shape index (κ1) is 18.4. The summed E-state index contributed by atoms with van der Waals surface area (Å²) in [4.78, 5) is 25.4. The second kappa shape index (κ2) is 6.73. The molecule has 0 unspecified atom stereocenters. The van der Waals surface area contributed by atoms with Crippen molar-refractivity contribution < 1.29 is 18.8 Å². The number of likely N-dealkylation sites (N-methyl/N-ethyl adjacent to an activating group) is 1. The maximum absolute atomic E-state index is 13.2. The second-order valence-corrected chi connectivity index (χ2v) is 7.71. The number of amides is 1. The zero-order valence-corrected chi connectivity index (χ0v) is 15.7. The molecule has 2 aliphatic rings. The number of methoxy groups -OCH3 is 1. The lowest BCUT2D eigenvalue weighted by molar-refractivity contribution is -0.938. The molecule has 0 atom stereocenters. The van der Waals surface area contributed by atoms with Gasteiger partial charge in [-0.15, -0.1) is 0 Å². The highest BCUT2D eigenvalue weighted by Gasteiger charge is 2.64. The third-order valence-electron chi connectivity index (χ3n) is 6.09. The minimum absolute atomic E-state index is 0.0279. The van der Waals surface area contributed by atoms with Crippen LogP contribution in [0.4, 0.5) is 5.69 Å². The molecule has 1 saturated heterocycles. The number of hydrogen-bond acceptors (Lipinski definition) is 4. The van der Waals surface area contributed by atoms with Gasteiger partial charge < -0.3 is 14.5 Å². The number of aryl methyl sites for hydroxylation is 1. The molecule has 2 fully saturated rings. The molecule has 0 aromatic heterocycles. The Morgan fingerprint density at radius 2 is 1.88 bits per heavy atom. The minimum atomic E-state index is -0.552. The third kappa shape index (κ3) is 2.97. The number of hydrogen-bond donors (Lipinski definition) is 1. The van der Waals surface area contributed by atoms with Crippen molar-refractivity contribution in [3.05, 3.63) is 28.8 Å². The van der Waals surface area contributed by atoms with Crippen molar-refractivity contribution >= 4 is 17.6 Å². The molecule has 1 aromatic rings. The van der Waals surface area contributed by atoms with E-state index in [0.29, 0.717) is 16.8 Å². The first-order valence-electron chi connectivity index (χ1n) is 9.16. The summed E-state index contributed by atoms with van der Waals surface area (Å²) in [5, 5.41) is 12.2. The van der Waals surface area contributed by atoms with Crippen LogP contribution in [0.5, 0.6) is 0 Å². The van der Waals surface area contributed by atoms with Gasteiger partial charge in [0.2, 0.25) is 0 Å². The number of rotatable bonds is 4. The Kier molecular flexibility index (Phi) is 4.76. The van der Waals surface area contributed by atoms with E-state index in [-0.39, 0.29) is 11.5 Å². The highest BCUT2D eigenvalue weighted by atomic mass is 16.5. The molecule has 1 amide bonds. The molecule has 0 radical (unpaired) electrons. The molecule has 138 valence electrons. The van der Waals surface area contributed by atoms with E-state index in [9.17, 15) is 9.59 Å². The molecule has 6 nitrogen and oxygen atoms in total. The molecule has 1 aromatic carbocycles. The van der Waals surface area contributed by atoms with E-state index >= 15 is 0 Å². The Morgan fingerprint density at radius 3 is 2.42 bits per heavy atom. The smallest absolute Gasteiger partial charge is 0.340 e. The number of nitrogens with one attached hydrogen (secondary N) is 1. The van der Waals surface area contributed by atoms with Crippen LogP contribution in [0.3, 0.4) is 0 Å². The average molecular weight is 356 g/mol. The Balaban J connectivity index is 1.92. The summed E-state index contributed by atoms with van der Waals surface area (Å²) in [5.41, 5.74) is 1.35. The second-order valence-electron chi connectivity index (χ2n) is 7.71. The average Bonchev–Trinajstić information content (AvgIpc) is 3.45. The van der Waals surface area contributed by atoms with Crippen molar-refractivity contribution in [1.82, 2.24) is 0 Å². The number of anilines is 1. The minimum Gasteiger partial charge on any atom is -0.465 e. The van der Waals surface area contributed by atoms with Crippen molar-refractivity contribution in [2.45, 2.75) is 44.6 Å². The maximum Gasteiger partial charge on any atom is 0.340 e. The van der Waals surface area contributed by atoms with E-state index < -0.39 is 11.5 Å². The fourth-order valence-corrected chi connectivity index (χ4v) is 4.29. The van der Waals surface area contributed by atoms with Crippen molar-refractivity contribution in [3.63, 3.8) is 0 Å². The summed E-state index contributed by atoms with van der Waals surface area (Å²) in [7, 11) is 3.48. The number of nitriles is 1. The molecular weight excluding hydrogens is 330 g/mol. The molecule has 1 aliphatic carbocycles. The number of benzene rings is 1. The predicted molar refractivity (Wildman–Crippen MR) is 97.6 cm³/mol. The number of piperidine rings is 1. The van der Waals surface area contributed by atoms with Crippen LogP contribution < -0.4 is 5.32 Å². The molecule has 1 aliphatic heterocycles. The van der Waals surface area contributed by atoms with Gasteiger partial charge in [0.25, 0.3) is 5.91 Å². The van der Waals surface area contributed by atoms with Crippen LogP contribution >= 0.6 is 0 Å². The normalized spacial score (nSPS) is 19.9. The molecule has 1 N–H and O–H groups in total. The van der Waals surface area contributed by atoms with Crippen LogP contribution in [0.2, 0.25) is 0 Å². The summed E-state index contributed by atoms with van der Waals surface area (Å²) < 4.78 is 5.63. The van der Waals surface area contributed by atoms with Crippen LogP contribution in [-0.4, -0.2) is 49.1 Å². The van der Waals surface area contributed by atoms with Gasteiger partial charge in [-0.3, -0.25) is 4.79 Å². The SMILES string of the molecule is COC(=O)c1cc(C#N)cc(C)c1NC(=O)C1([N+]2(C)CCCCC2)CC1. The van der Waals surface area contributed by atoms with Crippen LogP contribution in [0, 0.1) is 18.3 Å². The molecule has 6 heteroatoms. The van der Waals surface area contributed by atoms with Gasteiger partial charge >= 0.3 is 5.97 Å². The lowest BCUT2D eigenvalue weighted by atomic mass is 10.0. The molecule has 0 bridgehead atoms. The Bertz CT molecular complexity index is 784. The first-order chi connectivity index (χ1) is 12.4. The van der Waals surface area contributed by atoms with E-state index in [1.54, 1.807) is 13.0 Å². The number of carbonyl (C=O) groups is 2. The summed E-state index contributed by atoms with van der Waals surface area (Å²) >= 11 is 0. The van der Waals surface area contributed by atoms with Crippen molar-refractivity contribution in [2.24, 2.45) is 0 Å². The standard InChI is InChI=1S/C20H25N3O3/c1-14-11-15(13-21)12-16(18(24)26-3)17(14)22-19(25)20(7-8-20)23(2)9-5-4-6-10-23/h11-12H,4-10H2,1-3H3/p+1. The highest BCUT2D eigenvalue weighted by molar-refractivity contribution is 6.06. The van der Waals surface area contributed by atoms with Gasteiger partial charge in [0.1, 0.15) is 0 Å². The van der Waals surface area contributed by atoms with Gasteiger partial charge in [0, 0.05) is 12.8 Å². The third-order valence-corrected chi connectivity index (χ3v) is 6.09. The Morgan fingerprint density at radius 1 is 1.23 bits per heavy atom. The summed E-state index contributed by atoms with van der Waals surface area (Å²) in [6.07, 6.45) is 5.27. The quantitative estimate of drug-likeness (QED) is 0.664. The van der Waals surface area contributed by atoms with E-state index in [4.69, 9.17) is 10.00 Å². The maximum atomic E-state index is 13.2. The molecule has 1 heterocycles. The fraction of sp³-hybridized carbons (Fsp3) is 0.550. The summed E-state index contributed by atoms with van der Waals surface area (Å²) in [6.45, 7) is 3.83. The summed E-state index contributed by atoms with van der Waals surface area (Å²) in [6, 6.07) is 5.20. The van der Waals surface area contributed by atoms with E-state index in [2.05, 4.69) is 12.4 Å². The van der Waals surface area contributed by atoms with Gasteiger partial charge in [-0.1, -0.05) is 0 Å². The highest BCUT2D eigenvalue weighted by Crippen LogP contribution is 2.48. The number of ether oxygens (including phenoxy) is 1. The number of quaternary nitrogens is 1. The first-order valence-corrected chi connectivity index (χ1v) is 9.16. The van der Waals surface area contributed by atoms with E-state index in [0.717, 1.165) is 43.3 Å². The zero-order valence-electron chi connectivity index (χ0n) is 15.7. The summed E-state index contributed by atoms with van der Waals surface area (Å²) in [5.74, 6) is -0.580. The van der Waals surface area contributed by atoms with Crippen LogP contribution in [-0.2, 0) is 9.53 Å². The predicted octanol–water partition coefficient (Wildman–Crippen LogP) is 2.75. The van der Waals surface area contributed by atoms with Crippen LogP contribution in [0.15, 0.2) is 12.1 Å². The Labute approximate surface area is 154 Å². The number of esters is 1. The number of nitrogens with zero attached hydrogens (tertiary/aromatic N) is 2. The Hall–Kier alpha value is -2.39. The molecule has 3 rings (SSSR count). The van der Waals surface area contributed by atoms with Gasteiger partial charge in [-0.25, -0.2) is 4.79 Å². The van der Waals surface area contributed by atoms with Gasteiger partial charge in [0.15, 0.2) is 5.54 Å². The van der Waals surface area contributed by atoms with Crippen molar-refractivity contribution in [3.8, 4) is 6.07 Å². The lowest BCUT2D eigenvalue weighted by Gasteiger charge is -2.44. The van der Waals surface area contributed by atoms with Gasteiger partial charge in [-0.05, 0) is 43.9 Å². The lowest BCUT2D eigenvalue weighted by Crippen LogP contribution is -2.61. The number of carbonyl (C=O) groups excluding carboxylic acids is 2. The van der Waals surface area contributed by atoms with E-state index in [1.807, 2.05) is 6.07 Å². The van der Waals surface area contributed by atoms with Gasteiger partial charge in [-0.2, -0.15) is 5.26 Å². The van der Waals surface area contributed by atoms with Crippen molar-refractivity contribution in [1.29, 1.82) is 5.26 Å². The monoisotopic (exact) mass is 356 g/mol. The largest absolute Gasteiger partial charge is 0.465 e.